The third-order valence-corrected chi connectivity index (χ3v) is 6.17. The first-order chi connectivity index (χ1) is 13.3. The third-order valence-electron chi connectivity index (χ3n) is 5.67. The van der Waals surface area contributed by atoms with Gasteiger partial charge in [0.1, 0.15) is 0 Å². The van der Waals surface area contributed by atoms with Crippen molar-refractivity contribution in [3.8, 4) is 0 Å². The maximum absolute atomic E-state index is 12.0. The van der Waals surface area contributed by atoms with Crippen molar-refractivity contribution >= 4 is 35.1 Å². The quantitative estimate of drug-likeness (QED) is 0.499. The van der Waals surface area contributed by atoms with E-state index in [0.29, 0.717) is 35.9 Å². The maximum atomic E-state index is 12.0. The Kier molecular flexibility index (Phi) is 6.16. The van der Waals surface area contributed by atoms with Crippen molar-refractivity contribution < 1.29 is 9.90 Å². The highest BCUT2D eigenvalue weighted by atomic mass is 35.5. The van der Waals surface area contributed by atoms with E-state index < -0.39 is 11.9 Å². The van der Waals surface area contributed by atoms with Crippen molar-refractivity contribution in [2.24, 2.45) is 22.4 Å². The topological polar surface area (TPSA) is 102 Å². The first-order valence-electron chi connectivity index (χ1n) is 9.10. The summed E-state index contributed by atoms with van der Waals surface area (Å²) in [5, 5.41) is 11.1. The lowest BCUT2D eigenvalue weighted by Gasteiger charge is -2.43. The van der Waals surface area contributed by atoms with Crippen molar-refractivity contribution in [1.82, 2.24) is 0 Å². The van der Waals surface area contributed by atoms with Gasteiger partial charge in [-0.1, -0.05) is 47.5 Å². The first-order valence-corrected chi connectivity index (χ1v) is 9.86. The molecular formula is C21H23Cl2N3O2. The van der Waals surface area contributed by atoms with Crippen LogP contribution in [0.4, 0.5) is 0 Å². The van der Waals surface area contributed by atoms with Gasteiger partial charge in [0.15, 0.2) is 5.96 Å². The molecule has 0 bridgehead atoms. The summed E-state index contributed by atoms with van der Waals surface area (Å²) in [5.41, 5.74) is 12.9. The number of hydrogen-bond acceptors (Lipinski definition) is 2. The minimum Gasteiger partial charge on any atom is -0.481 e. The van der Waals surface area contributed by atoms with Gasteiger partial charge in [-0.25, -0.2) is 0 Å². The van der Waals surface area contributed by atoms with E-state index in [-0.39, 0.29) is 17.3 Å². The lowest BCUT2D eigenvalue weighted by molar-refractivity contribution is -0.144. The molecule has 3 atom stereocenters. The van der Waals surface area contributed by atoms with Crippen LogP contribution in [0.2, 0.25) is 10.0 Å². The molecule has 0 radical (unpaired) electrons. The second-order valence-corrected chi connectivity index (χ2v) is 8.25. The highest BCUT2D eigenvalue weighted by Gasteiger charge is 2.45. The Hall–Kier alpha value is -2.24. The predicted octanol–water partition coefficient (Wildman–Crippen LogP) is 4.17. The van der Waals surface area contributed by atoms with Gasteiger partial charge in [0.2, 0.25) is 0 Å². The minimum atomic E-state index is -0.786. The highest BCUT2D eigenvalue weighted by Crippen LogP contribution is 2.49. The van der Waals surface area contributed by atoms with Gasteiger partial charge in [0.05, 0.1) is 12.5 Å². The average Bonchev–Trinajstić information content (AvgIpc) is 2.67. The first kappa shape index (κ1) is 20.5. The number of carbonyl (C=O) groups is 1. The number of carboxylic acid groups (broad SMARTS) is 1. The standard InChI is InChI=1S/C21H23Cl2N3O2/c22-15-5-1-13(2-6-15)18-11-21(12-26-20(24)25,10-9-17(18)19(27)28)14-3-7-16(23)8-4-14/h1-8,17-18H,9-12H2,(H,27,28)(H4,24,25,26). The number of benzene rings is 2. The van der Waals surface area contributed by atoms with Gasteiger partial charge in [-0.15, -0.1) is 0 Å². The fourth-order valence-electron chi connectivity index (χ4n) is 4.20. The van der Waals surface area contributed by atoms with Crippen LogP contribution >= 0.6 is 23.2 Å². The van der Waals surface area contributed by atoms with Crippen LogP contribution in [0.25, 0.3) is 0 Å². The molecule has 5 N–H and O–H groups in total. The van der Waals surface area contributed by atoms with Crippen LogP contribution in [0.5, 0.6) is 0 Å². The Labute approximate surface area is 174 Å². The van der Waals surface area contributed by atoms with Gasteiger partial charge < -0.3 is 16.6 Å². The largest absolute Gasteiger partial charge is 0.481 e. The van der Waals surface area contributed by atoms with Crippen LogP contribution in [0.3, 0.4) is 0 Å². The van der Waals surface area contributed by atoms with E-state index in [1.165, 1.54) is 0 Å². The Bertz CT molecular complexity index is 864. The molecule has 3 rings (SSSR count). The SMILES string of the molecule is NC(N)=NCC1(c2ccc(Cl)cc2)CCC(C(=O)O)C(c2ccc(Cl)cc2)C1. The van der Waals surface area contributed by atoms with Crippen molar-refractivity contribution in [2.45, 2.75) is 30.6 Å². The number of aliphatic carboxylic acids is 1. The Morgan fingerprint density at radius 2 is 1.64 bits per heavy atom. The van der Waals surface area contributed by atoms with Gasteiger partial charge in [0, 0.05) is 15.5 Å². The lowest BCUT2D eigenvalue weighted by Crippen LogP contribution is -2.41. The van der Waals surface area contributed by atoms with Gasteiger partial charge in [-0.05, 0) is 60.6 Å². The van der Waals surface area contributed by atoms with E-state index in [1.54, 1.807) is 12.1 Å². The van der Waals surface area contributed by atoms with Crippen molar-refractivity contribution in [3.05, 3.63) is 69.7 Å². The smallest absolute Gasteiger partial charge is 0.307 e. The summed E-state index contributed by atoms with van der Waals surface area (Å²) in [4.78, 5) is 16.3. The highest BCUT2D eigenvalue weighted by molar-refractivity contribution is 6.30. The van der Waals surface area contributed by atoms with Gasteiger partial charge in [-0.2, -0.15) is 0 Å². The summed E-state index contributed by atoms with van der Waals surface area (Å²) in [6.07, 6.45) is 1.82. The minimum absolute atomic E-state index is 0.0248. The number of hydrogen-bond donors (Lipinski definition) is 3. The molecule has 7 heteroatoms. The molecule has 0 spiro atoms. The maximum Gasteiger partial charge on any atom is 0.307 e. The Balaban J connectivity index is 2.04. The zero-order valence-electron chi connectivity index (χ0n) is 15.3. The molecule has 1 aliphatic rings. The summed E-state index contributed by atoms with van der Waals surface area (Å²) in [6.45, 7) is 0.396. The molecule has 28 heavy (non-hydrogen) atoms. The number of rotatable bonds is 5. The summed E-state index contributed by atoms with van der Waals surface area (Å²) in [5.74, 6) is -1.41. The Morgan fingerprint density at radius 1 is 1.07 bits per heavy atom. The van der Waals surface area contributed by atoms with Crippen molar-refractivity contribution in [3.63, 3.8) is 0 Å². The normalized spacial score (nSPS) is 24.5. The fourth-order valence-corrected chi connectivity index (χ4v) is 4.45. The monoisotopic (exact) mass is 419 g/mol. The fraction of sp³-hybridized carbons (Fsp3) is 0.333. The number of carboxylic acids is 1. The molecule has 5 nitrogen and oxygen atoms in total. The van der Waals surface area contributed by atoms with Gasteiger partial charge in [-0.3, -0.25) is 9.79 Å². The summed E-state index contributed by atoms with van der Waals surface area (Å²) in [6, 6.07) is 15.0. The number of nitrogens with zero attached hydrogens (tertiary/aromatic N) is 1. The van der Waals surface area contributed by atoms with Crippen LogP contribution in [-0.4, -0.2) is 23.6 Å². The van der Waals surface area contributed by atoms with E-state index in [9.17, 15) is 9.90 Å². The zero-order valence-corrected chi connectivity index (χ0v) is 16.8. The molecule has 0 heterocycles. The van der Waals surface area contributed by atoms with E-state index in [0.717, 1.165) is 11.1 Å². The van der Waals surface area contributed by atoms with Crippen LogP contribution < -0.4 is 11.5 Å². The molecule has 0 amide bonds. The molecule has 3 unspecified atom stereocenters. The van der Waals surface area contributed by atoms with Crippen molar-refractivity contribution in [1.29, 1.82) is 0 Å². The van der Waals surface area contributed by atoms with Gasteiger partial charge in [0.25, 0.3) is 0 Å². The van der Waals surface area contributed by atoms with E-state index in [4.69, 9.17) is 34.7 Å². The number of nitrogens with two attached hydrogens (primary N) is 2. The molecule has 2 aromatic rings. The van der Waals surface area contributed by atoms with Crippen LogP contribution in [0, 0.1) is 5.92 Å². The molecule has 0 aromatic heterocycles. The molecule has 1 saturated carbocycles. The van der Waals surface area contributed by atoms with Gasteiger partial charge >= 0.3 is 5.97 Å². The van der Waals surface area contributed by atoms with E-state index in [1.807, 2.05) is 36.4 Å². The summed E-state index contributed by atoms with van der Waals surface area (Å²) in [7, 11) is 0. The van der Waals surface area contributed by atoms with E-state index in [2.05, 4.69) is 4.99 Å². The number of aliphatic imine (C=N–C) groups is 1. The molecule has 2 aromatic carbocycles. The third kappa shape index (κ3) is 4.42. The van der Waals surface area contributed by atoms with Crippen LogP contribution in [-0.2, 0) is 10.2 Å². The second-order valence-electron chi connectivity index (χ2n) is 7.37. The Morgan fingerprint density at radius 3 is 2.18 bits per heavy atom. The van der Waals surface area contributed by atoms with Crippen molar-refractivity contribution in [2.75, 3.05) is 6.54 Å². The number of guanidine groups is 1. The lowest BCUT2D eigenvalue weighted by atomic mass is 9.61. The number of halogens is 2. The van der Waals surface area contributed by atoms with Crippen LogP contribution in [0.1, 0.15) is 36.3 Å². The average molecular weight is 420 g/mol. The summed E-state index contributed by atoms with van der Waals surface area (Å²) < 4.78 is 0. The second kappa shape index (κ2) is 8.41. The van der Waals surface area contributed by atoms with E-state index >= 15 is 0 Å². The predicted molar refractivity (Wildman–Crippen MR) is 113 cm³/mol. The molecule has 1 fully saturated rings. The molecule has 148 valence electrons. The molecule has 0 saturated heterocycles. The zero-order chi connectivity index (χ0) is 20.3. The molecule has 1 aliphatic carbocycles. The molecular weight excluding hydrogens is 397 g/mol. The molecule has 0 aliphatic heterocycles. The summed E-state index contributed by atoms with van der Waals surface area (Å²) >= 11 is 12.1. The van der Waals surface area contributed by atoms with Crippen LogP contribution in [0.15, 0.2) is 53.5 Å².